The number of para-hydroxylation sites is 1. The van der Waals surface area contributed by atoms with Gasteiger partial charge in [-0.3, -0.25) is 9.52 Å². The summed E-state index contributed by atoms with van der Waals surface area (Å²) in [7, 11) is -7.31. The van der Waals surface area contributed by atoms with Crippen molar-refractivity contribution in [1.29, 1.82) is 0 Å². The van der Waals surface area contributed by atoms with Crippen molar-refractivity contribution in [3.8, 4) is 0 Å². The fourth-order valence-electron chi connectivity index (χ4n) is 2.96. The van der Waals surface area contributed by atoms with Gasteiger partial charge in [-0.05, 0) is 43.2 Å². The maximum absolute atomic E-state index is 13.8. The van der Waals surface area contributed by atoms with Gasteiger partial charge in [0.25, 0.3) is 10.0 Å². The van der Waals surface area contributed by atoms with Crippen molar-refractivity contribution in [2.45, 2.75) is 18.2 Å². The lowest BCUT2D eigenvalue weighted by Gasteiger charge is -2.14. The molecule has 1 saturated heterocycles. The fraction of sp³-hybridized carbons (Fsp3) is 0.278. The predicted molar refractivity (Wildman–Crippen MR) is 104 cm³/mol. The average Bonchev–Trinajstić information content (AvgIpc) is 2.98. The van der Waals surface area contributed by atoms with E-state index in [1.165, 1.54) is 36.4 Å². The van der Waals surface area contributed by atoms with Crippen molar-refractivity contribution < 1.29 is 26.0 Å². The lowest BCUT2D eigenvalue weighted by atomic mass is 10.1. The SMILES string of the molecule is Cc1ccc(NC(=O)[C@@H]2CCS(=O)(=O)C2)cc1S(=O)(=O)Nc1ccccc1F. The van der Waals surface area contributed by atoms with Crippen LogP contribution in [-0.4, -0.2) is 34.2 Å². The molecule has 1 heterocycles. The first-order valence-electron chi connectivity index (χ1n) is 8.47. The van der Waals surface area contributed by atoms with Gasteiger partial charge in [0.2, 0.25) is 5.91 Å². The molecule has 2 aromatic carbocycles. The van der Waals surface area contributed by atoms with Gasteiger partial charge in [-0.15, -0.1) is 0 Å². The third kappa shape index (κ3) is 4.50. The van der Waals surface area contributed by atoms with E-state index in [2.05, 4.69) is 10.0 Å². The van der Waals surface area contributed by atoms with Crippen LogP contribution in [0.1, 0.15) is 12.0 Å². The number of carbonyl (C=O) groups is 1. The van der Waals surface area contributed by atoms with Crippen molar-refractivity contribution >= 4 is 37.1 Å². The fourth-order valence-corrected chi connectivity index (χ4v) is 6.04. The van der Waals surface area contributed by atoms with Gasteiger partial charge in [-0.25, -0.2) is 21.2 Å². The average molecular weight is 426 g/mol. The van der Waals surface area contributed by atoms with Crippen LogP contribution in [0.5, 0.6) is 0 Å². The van der Waals surface area contributed by atoms with E-state index in [1.807, 2.05) is 0 Å². The second-order valence-electron chi connectivity index (χ2n) is 6.65. The van der Waals surface area contributed by atoms with Crippen LogP contribution in [0, 0.1) is 18.7 Å². The molecule has 0 radical (unpaired) electrons. The molecule has 10 heteroatoms. The summed E-state index contributed by atoms with van der Waals surface area (Å²) in [4.78, 5) is 12.2. The number of aryl methyl sites for hydroxylation is 1. The first kappa shape index (κ1) is 20.3. The molecule has 2 aromatic rings. The lowest BCUT2D eigenvalue weighted by Crippen LogP contribution is -2.24. The summed E-state index contributed by atoms with van der Waals surface area (Å²) in [6.07, 6.45) is 0.236. The summed E-state index contributed by atoms with van der Waals surface area (Å²) in [6.45, 7) is 1.57. The van der Waals surface area contributed by atoms with Gasteiger partial charge in [0.15, 0.2) is 9.84 Å². The molecular weight excluding hydrogens is 407 g/mol. The van der Waals surface area contributed by atoms with Crippen LogP contribution in [-0.2, 0) is 24.7 Å². The van der Waals surface area contributed by atoms with E-state index in [1.54, 1.807) is 6.92 Å². The molecule has 7 nitrogen and oxygen atoms in total. The molecule has 3 rings (SSSR count). The van der Waals surface area contributed by atoms with E-state index >= 15 is 0 Å². The number of carbonyl (C=O) groups excluding carboxylic acids is 1. The summed E-state index contributed by atoms with van der Waals surface area (Å²) < 4.78 is 64.4. The number of hydrogen-bond donors (Lipinski definition) is 2. The highest BCUT2D eigenvalue weighted by atomic mass is 32.2. The van der Waals surface area contributed by atoms with E-state index in [0.29, 0.717) is 5.56 Å². The Bertz CT molecular complexity index is 1130. The zero-order valence-corrected chi connectivity index (χ0v) is 16.6. The molecule has 0 saturated carbocycles. The van der Waals surface area contributed by atoms with Crippen molar-refractivity contribution in [3.63, 3.8) is 0 Å². The van der Waals surface area contributed by atoms with Crippen molar-refractivity contribution in [3.05, 3.63) is 53.8 Å². The van der Waals surface area contributed by atoms with Gasteiger partial charge in [0.05, 0.1) is 28.0 Å². The third-order valence-electron chi connectivity index (χ3n) is 4.47. The largest absolute Gasteiger partial charge is 0.326 e. The Morgan fingerprint density at radius 1 is 1.18 bits per heavy atom. The van der Waals surface area contributed by atoms with Gasteiger partial charge >= 0.3 is 0 Å². The van der Waals surface area contributed by atoms with Crippen LogP contribution < -0.4 is 10.0 Å². The zero-order valence-electron chi connectivity index (χ0n) is 15.0. The van der Waals surface area contributed by atoms with Gasteiger partial charge in [0, 0.05) is 5.69 Å². The minimum atomic E-state index is -4.10. The molecule has 0 aromatic heterocycles. The van der Waals surface area contributed by atoms with Gasteiger partial charge in [-0.2, -0.15) is 0 Å². The smallest absolute Gasteiger partial charge is 0.262 e. The van der Waals surface area contributed by atoms with Crippen LogP contribution in [0.2, 0.25) is 0 Å². The number of benzene rings is 2. The molecule has 0 spiro atoms. The Kier molecular flexibility index (Phi) is 5.44. The van der Waals surface area contributed by atoms with E-state index < -0.39 is 37.5 Å². The summed E-state index contributed by atoms with van der Waals surface area (Å²) >= 11 is 0. The molecule has 28 heavy (non-hydrogen) atoms. The molecular formula is C18H19FN2O5S2. The quantitative estimate of drug-likeness (QED) is 0.763. The van der Waals surface area contributed by atoms with Crippen LogP contribution in [0.15, 0.2) is 47.4 Å². The van der Waals surface area contributed by atoms with E-state index in [0.717, 1.165) is 6.07 Å². The molecule has 0 bridgehead atoms. The Labute approximate surface area is 162 Å². The zero-order chi connectivity index (χ0) is 20.5. The number of anilines is 2. The monoisotopic (exact) mass is 426 g/mol. The van der Waals surface area contributed by atoms with Crippen LogP contribution in [0.25, 0.3) is 0 Å². The standard InChI is InChI=1S/C18H19FN2O5S2/c1-12-6-7-14(20-18(22)13-8-9-27(23,24)11-13)10-17(12)28(25,26)21-16-5-3-2-4-15(16)19/h2-7,10,13,21H,8-9,11H2,1H3,(H,20,22)/t13-/m1/s1. The van der Waals surface area contributed by atoms with Crippen LogP contribution in [0.4, 0.5) is 15.8 Å². The number of sulfonamides is 1. The molecule has 0 unspecified atom stereocenters. The van der Waals surface area contributed by atoms with Crippen molar-refractivity contribution in [2.24, 2.45) is 5.92 Å². The van der Waals surface area contributed by atoms with E-state index in [-0.39, 0.29) is 34.2 Å². The topological polar surface area (TPSA) is 109 Å². The first-order valence-corrected chi connectivity index (χ1v) is 11.8. The molecule has 1 amide bonds. The minimum Gasteiger partial charge on any atom is -0.326 e. The Balaban J connectivity index is 1.83. The normalized spacial score (nSPS) is 18.6. The van der Waals surface area contributed by atoms with E-state index in [9.17, 15) is 26.0 Å². The maximum atomic E-state index is 13.8. The number of sulfone groups is 1. The van der Waals surface area contributed by atoms with E-state index in [4.69, 9.17) is 0 Å². The van der Waals surface area contributed by atoms with Gasteiger partial charge in [0.1, 0.15) is 5.82 Å². The molecule has 1 atom stereocenters. The van der Waals surface area contributed by atoms with Crippen LogP contribution >= 0.6 is 0 Å². The number of hydrogen-bond acceptors (Lipinski definition) is 5. The lowest BCUT2D eigenvalue weighted by molar-refractivity contribution is -0.119. The number of rotatable bonds is 5. The highest BCUT2D eigenvalue weighted by Gasteiger charge is 2.33. The number of halogens is 1. The second-order valence-corrected chi connectivity index (χ2v) is 10.5. The predicted octanol–water partition coefficient (Wildman–Crippen LogP) is 2.31. The highest BCUT2D eigenvalue weighted by molar-refractivity contribution is 7.92. The molecule has 2 N–H and O–H groups in total. The minimum absolute atomic E-state index is 0.0365. The molecule has 1 aliphatic rings. The first-order chi connectivity index (χ1) is 13.1. The van der Waals surface area contributed by atoms with Crippen molar-refractivity contribution in [1.82, 2.24) is 0 Å². The summed E-state index contributed by atoms with van der Waals surface area (Å²) in [5, 5.41) is 2.57. The highest BCUT2D eigenvalue weighted by Crippen LogP contribution is 2.25. The maximum Gasteiger partial charge on any atom is 0.262 e. The number of amides is 1. The Morgan fingerprint density at radius 3 is 2.54 bits per heavy atom. The number of nitrogens with one attached hydrogen (secondary N) is 2. The summed E-state index contributed by atoms with van der Waals surface area (Å²) in [6, 6.07) is 9.68. The summed E-state index contributed by atoms with van der Waals surface area (Å²) in [5.74, 6) is -2.11. The Morgan fingerprint density at radius 2 is 1.89 bits per heavy atom. The Hall–Kier alpha value is -2.46. The van der Waals surface area contributed by atoms with Gasteiger partial charge in [-0.1, -0.05) is 18.2 Å². The van der Waals surface area contributed by atoms with Gasteiger partial charge < -0.3 is 5.32 Å². The van der Waals surface area contributed by atoms with Crippen LogP contribution in [0.3, 0.4) is 0 Å². The summed E-state index contributed by atoms with van der Waals surface area (Å²) in [5.41, 5.74) is 0.437. The third-order valence-corrected chi connectivity index (χ3v) is 7.74. The molecule has 1 fully saturated rings. The van der Waals surface area contributed by atoms with Crippen molar-refractivity contribution in [2.75, 3.05) is 21.5 Å². The second kappa shape index (κ2) is 7.51. The molecule has 0 aliphatic carbocycles. The molecule has 1 aliphatic heterocycles. The molecule has 150 valence electrons.